The Morgan fingerprint density at radius 2 is 1.96 bits per heavy atom. The van der Waals surface area contributed by atoms with Crippen LogP contribution in [0.4, 0.5) is 14.5 Å². The lowest BCUT2D eigenvalue weighted by atomic mass is 10.1. The number of nitrogens with one attached hydrogen (secondary N) is 1. The van der Waals surface area contributed by atoms with Crippen molar-refractivity contribution in [2.75, 3.05) is 12.4 Å². The van der Waals surface area contributed by atoms with Gasteiger partial charge in [-0.25, -0.2) is 8.78 Å². The maximum Gasteiger partial charge on any atom is 0.229 e. The van der Waals surface area contributed by atoms with Crippen molar-refractivity contribution >= 4 is 11.6 Å². The van der Waals surface area contributed by atoms with Gasteiger partial charge in [-0.15, -0.1) is 10.2 Å². The highest BCUT2D eigenvalue weighted by molar-refractivity contribution is 5.94. The maximum absolute atomic E-state index is 13.7. The molecular weight excluding hydrogens is 330 g/mol. The number of methoxy groups -OCH3 is 1. The number of aromatic nitrogens is 3. The predicted octanol–water partition coefficient (Wildman–Crippen LogP) is 2.74. The number of halogens is 2. The second kappa shape index (κ2) is 7.08. The van der Waals surface area contributed by atoms with Crippen molar-refractivity contribution in [3.63, 3.8) is 0 Å². The molecule has 0 atom stereocenters. The third kappa shape index (κ3) is 3.63. The van der Waals surface area contributed by atoms with Crippen LogP contribution in [0.15, 0.2) is 49.1 Å². The fraction of sp³-hybridized carbons (Fsp3) is 0.118. The number of amides is 1. The molecule has 0 spiro atoms. The molecule has 0 saturated carbocycles. The van der Waals surface area contributed by atoms with Crippen molar-refractivity contribution in [1.29, 1.82) is 0 Å². The van der Waals surface area contributed by atoms with Gasteiger partial charge in [0.05, 0.1) is 24.9 Å². The zero-order chi connectivity index (χ0) is 17.8. The molecular formula is C17H14F2N4O2. The number of benzene rings is 2. The predicted molar refractivity (Wildman–Crippen MR) is 86.6 cm³/mol. The standard InChI is InChI=1S/C17H14F2N4O2/c1-25-15-6-5-12(23-9-20-21-10-23)8-14(15)22-16(24)7-11-3-2-4-13(18)17(11)19/h2-6,8-10H,7H2,1H3,(H,22,24). The van der Waals surface area contributed by atoms with Crippen LogP contribution in [-0.2, 0) is 11.2 Å². The third-order valence-electron chi connectivity index (χ3n) is 3.56. The highest BCUT2D eigenvalue weighted by atomic mass is 19.2. The molecule has 0 saturated heterocycles. The van der Waals surface area contributed by atoms with E-state index < -0.39 is 17.5 Å². The highest BCUT2D eigenvalue weighted by Gasteiger charge is 2.14. The van der Waals surface area contributed by atoms with Crippen LogP contribution in [0.5, 0.6) is 5.75 Å². The van der Waals surface area contributed by atoms with Crippen LogP contribution in [0.3, 0.4) is 0 Å². The molecule has 8 heteroatoms. The molecule has 0 fully saturated rings. The van der Waals surface area contributed by atoms with Crippen molar-refractivity contribution in [3.05, 3.63) is 66.3 Å². The molecule has 1 amide bonds. The largest absolute Gasteiger partial charge is 0.495 e. The minimum absolute atomic E-state index is 0.0218. The molecule has 1 aromatic heterocycles. The van der Waals surface area contributed by atoms with Gasteiger partial charge >= 0.3 is 0 Å². The van der Waals surface area contributed by atoms with E-state index in [1.165, 1.54) is 31.9 Å². The average Bonchev–Trinajstić information content (AvgIpc) is 3.13. The molecule has 0 aliphatic heterocycles. The smallest absolute Gasteiger partial charge is 0.229 e. The number of ether oxygens (including phenoxy) is 1. The van der Waals surface area contributed by atoms with E-state index in [0.717, 1.165) is 6.07 Å². The Morgan fingerprint density at radius 3 is 2.68 bits per heavy atom. The second-order valence-electron chi connectivity index (χ2n) is 5.19. The first kappa shape index (κ1) is 16.6. The lowest BCUT2D eigenvalue weighted by Gasteiger charge is -2.12. The van der Waals surface area contributed by atoms with Crippen LogP contribution < -0.4 is 10.1 Å². The van der Waals surface area contributed by atoms with Gasteiger partial charge in [-0.2, -0.15) is 0 Å². The zero-order valence-corrected chi connectivity index (χ0v) is 13.2. The second-order valence-corrected chi connectivity index (χ2v) is 5.19. The Labute approximate surface area is 142 Å². The summed E-state index contributed by atoms with van der Waals surface area (Å²) >= 11 is 0. The van der Waals surface area contributed by atoms with E-state index in [4.69, 9.17) is 4.74 Å². The molecule has 6 nitrogen and oxygen atoms in total. The summed E-state index contributed by atoms with van der Waals surface area (Å²) in [5, 5.41) is 10.1. The van der Waals surface area contributed by atoms with E-state index in [1.54, 1.807) is 22.8 Å². The molecule has 3 aromatic rings. The summed E-state index contributed by atoms with van der Waals surface area (Å²) < 4.78 is 33.8. The Kier molecular flexibility index (Phi) is 4.69. The molecule has 128 valence electrons. The molecule has 2 aromatic carbocycles. The van der Waals surface area contributed by atoms with E-state index >= 15 is 0 Å². The van der Waals surface area contributed by atoms with Gasteiger partial charge < -0.3 is 10.1 Å². The summed E-state index contributed by atoms with van der Waals surface area (Å²) in [6.45, 7) is 0. The maximum atomic E-state index is 13.7. The molecule has 0 bridgehead atoms. The summed E-state index contributed by atoms with van der Waals surface area (Å²) in [7, 11) is 1.47. The van der Waals surface area contributed by atoms with Gasteiger partial charge in [-0.1, -0.05) is 12.1 Å². The average molecular weight is 344 g/mol. The number of nitrogens with zero attached hydrogens (tertiary/aromatic N) is 3. The summed E-state index contributed by atoms with van der Waals surface area (Å²) in [5.41, 5.74) is 1.08. The number of hydrogen-bond donors (Lipinski definition) is 1. The van der Waals surface area contributed by atoms with Crippen LogP contribution in [0.1, 0.15) is 5.56 Å². The fourth-order valence-corrected chi connectivity index (χ4v) is 2.34. The van der Waals surface area contributed by atoms with Gasteiger partial charge in [0, 0.05) is 5.56 Å². The molecule has 0 radical (unpaired) electrons. The Morgan fingerprint density at radius 1 is 1.20 bits per heavy atom. The van der Waals surface area contributed by atoms with E-state index in [2.05, 4.69) is 15.5 Å². The van der Waals surface area contributed by atoms with E-state index in [9.17, 15) is 13.6 Å². The lowest BCUT2D eigenvalue weighted by molar-refractivity contribution is -0.115. The quantitative estimate of drug-likeness (QED) is 0.773. The third-order valence-corrected chi connectivity index (χ3v) is 3.56. The number of hydrogen-bond acceptors (Lipinski definition) is 4. The molecule has 0 aliphatic carbocycles. The van der Waals surface area contributed by atoms with Gasteiger partial charge in [-0.05, 0) is 24.3 Å². The Hall–Kier alpha value is -3.29. The molecule has 0 aliphatic rings. The van der Waals surface area contributed by atoms with Crippen molar-refractivity contribution in [1.82, 2.24) is 14.8 Å². The van der Waals surface area contributed by atoms with Crippen LogP contribution in [-0.4, -0.2) is 27.8 Å². The van der Waals surface area contributed by atoms with Gasteiger partial charge in [0.1, 0.15) is 18.4 Å². The van der Waals surface area contributed by atoms with E-state index in [0.29, 0.717) is 17.1 Å². The minimum Gasteiger partial charge on any atom is -0.495 e. The SMILES string of the molecule is COc1ccc(-n2cnnc2)cc1NC(=O)Cc1cccc(F)c1F. The molecule has 25 heavy (non-hydrogen) atoms. The van der Waals surface area contributed by atoms with Crippen LogP contribution in [0, 0.1) is 11.6 Å². The number of anilines is 1. The first-order chi connectivity index (χ1) is 12.1. The lowest BCUT2D eigenvalue weighted by Crippen LogP contribution is -2.16. The van der Waals surface area contributed by atoms with Gasteiger partial charge in [0.25, 0.3) is 0 Å². The monoisotopic (exact) mass is 344 g/mol. The van der Waals surface area contributed by atoms with Crippen molar-refractivity contribution in [2.24, 2.45) is 0 Å². The molecule has 3 rings (SSSR count). The number of carbonyl (C=O) groups excluding carboxylic acids is 1. The summed E-state index contributed by atoms with van der Waals surface area (Å²) in [6.07, 6.45) is 2.72. The van der Waals surface area contributed by atoms with E-state index in [1.807, 2.05) is 0 Å². The van der Waals surface area contributed by atoms with Crippen LogP contribution >= 0.6 is 0 Å². The zero-order valence-electron chi connectivity index (χ0n) is 13.2. The molecule has 1 N–H and O–H groups in total. The van der Waals surface area contributed by atoms with Crippen LogP contribution in [0.25, 0.3) is 5.69 Å². The van der Waals surface area contributed by atoms with Gasteiger partial charge in [-0.3, -0.25) is 9.36 Å². The number of carbonyl (C=O) groups is 1. The summed E-state index contributed by atoms with van der Waals surface area (Å²) in [5.74, 6) is -2.08. The first-order valence-corrected chi connectivity index (χ1v) is 7.34. The van der Waals surface area contributed by atoms with Crippen molar-refractivity contribution in [2.45, 2.75) is 6.42 Å². The minimum atomic E-state index is -1.03. The Bertz CT molecular complexity index is 898. The van der Waals surface area contributed by atoms with Gasteiger partial charge in [0.2, 0.25) is 5.91 Å². The van der Waals surface area contributed by atoms with Crippen molar-refractivity contribution in [3.8, 4) is 11.4 Å². The molecule has 1 heterocycles. The number of rotatable bonds is 5. The topological polar surface area (TPSA) is 69.0 Å². The Balaban J connectivity index is 1.82. The molecule has 0 unspecified atom stereocenters. The first-order valence-electron chi connectivity index (χ1n) is 7.34. The van der Waals surface area contributed by atoms with Crippen molar-refractivity contribution < 1.29 is 18.3 Å². The van der Waals surface area contributed by atoms with Crippen LogP contribution in [0.2, 0.25) is 0 Å². The van der Waals surface area contributed by atoms with E-state index in [-0.39, 0.29) is 12.0 Å². The fourth-order valence-electron chi connectivity index (χ4n) is 2.34. The van der Waals surface area contributed by atoms with Gasteiger partial charge in [0.15, 0.2) is 11.6 Å². The summed E-state index contributed by atoms with van der Waals surface area (Å²) in [4.78, 5) is 12.2. The highest BCUT2D eigenvalue weighted by Crippen LogP contribution is 2.27. The normalized spacial score (nSPS) is 10.5. The summed E-state index contributed by atoms with van der Waals surface area (Å²) in [6, 6.07) is 8.83.